The summed E-state index contributed by atoms with van der Waals surface area (Å²) in [5.74, 6) is 0.616. The van der Waals surface area contributed by atoms with Crippen molar-refractivity contribution in [1.29, 1.82) is 0 Å². The molecule has 0 aromatic heterocycles. The van der Waals surface area contributed by atoms with E-state index in [9.17, 15) is 0 Å². The number of benzene rings is 2. The fourth-order valence-corrected chi connectivity index (χ4v) is 17.2. The van der Waals surface area contributed by atoms with Crippen molar-refractivity contribution in [3.63, 3.8) is 0 Å². The average molecular weight is 673 g/mol. The average Bonchev–Trinajstić information content (AvgIpc) is 3.39. The van der Waals surface area contributed by atoms with Gasteiger partial charge in [-0.25, -0.2) is 0 Å². The summed E-state index contributed by atoms with van der Waals surface area (Å²) in [4.78, 5) is 0. The van der Waals surface area contributed by atoms with E-state index in [2.05, 4.69) is 111 Å². The fraction of sp³-hybridized carbons (Fsp3) is 0.528. The number of hydrogen-bond acceptors (Lipinski definition) is 0. The van der Waals surface area contributed by atoms with E-state index in [1.165, 1.54) is 43.2 Å². The quantitative estimate of drug-likeness (QED) is 0.374. The fourth-order valence-electron chi connectivity index (χ4n) is 6.65. The Morgan fingerprint density at radius 1 is 0.775 bits per heavy atom. The zero-order chi connectivity index (χ0) is 27.6. The number of allylic oxidation sites excluding steroid dienone is 4. The van der Waals surface area contributed by atoms with Crippen LogP contribution in [0.3, 0.4) is 0 Å². The van der Waals surface area contributed by atoms with E-state index in [-0.39, 0.29) is 35.6 Å². The van der Waals surface area contributed by atoms with Crippen LogP contribution in [0.2, 0.25) is 19.6 Å². The standard InChI is InChI=1S/C21H25.C9H15Si.C6H10.2ClH.Zr/c1-20(2,3)16-9-7-14-11-15-8-10-17(21(4,5)6)13-19(15)18(14)12-16;1-8-5-6-9(7-8)10(2,3)4;1-2-4-6-5-3-1;;;/h7,9-10,12-13H,11H2,1-6H3;6-8H,1-4H3;1-5H2;2*1H;/q;;;;;+2/p-2. The predicted octanol–water partition coefficient (Wildman–Crippen LogP) is 3.58. The van der Waals surface area contributed by atoms with E-state index in [0.29, 0.717) is 5.92 Å². The van der Waals surface area contributed by atoms with Crippen molar-refractivity contribution in [3.05, 3.63) is 73.2 Å². The van der Waals surface area contributed by atoms with Crippen LogP contribution >= 0.6 is 0 Å². The van der Waals surface area contributed by atoms with Gasteiger partial charge in [-0.3, -0.25) is 0 Å². The van der Waals surface area contributed by atoms with Crippen LogP contribution in [0, 0.1) is 5.92 Å². The van der Waals surface area contributed by atoms with Crippen molar-refractivity contribution < 1.29 is 46.1 Å². The van der Waals surface area contributed by atoms with Crippen LogP contribution in [-0.4, -0.2) is 11.3 Å². The summed E-state index contributed by atoms with van der Waals surface area (Å²) in [6.45, 7) is 24.4. The molecule has 0 bridgehead atoms. The molecule has 0 saturated heterocycles. The molecule has 216 valence electrons. The first-order valence-electron chi connectivity index (χ1n) is 15.1. The van der Waals surface area contributed by atoms with Crippen molar-refractivity contribution in [2.24, 2.45) is 5.92 Å². The molecule has 5 rings (SSSR count). The molecule has 0 nitrogen and oxygen atoms in total. The van der Waals surface area contributed by atoms with Crippen molar-refractivity contribution in [2.75, 3.05) is 0 Å². The summed E-state index contributed by atoms with van der Waals surface area (Å²) in [5.41, 5.74) is 9.65. The van der Waals surface area contributed by atoms with Crippen molar-refractivity contribution >= 4 is 14.6 Å². The first-order valence-corrected chi connectivity index (χ1v) is 22.3. The van der Waals surface area contributed by atoms with Crippen LogP contribution in [-0.2, 0) is 38.5 Å². The molecule has 0 N–H and O–H groups in total. The van der Waals surface area contributed by atoms with Gasteiger partial charge in [-0.05, 0) is 0 Å². The molecule has 2 aromatic carbocycles. The van der Waals surface area contributed by atoms with Gasteiger partial charge in [0.1, 0.15) is 0 Å². The zero-order valence-electron chi connectivity index (χ0n) is 26.6. The van der Waals surface area contributed by atoms with E-state index in [0.717, 1.165) is 6.42 Å². The summed E-state index contributed by atoms with van der Waals surface area (Å²) in [6.07, 6.45) is 13.6. The molecular formula is C36H50Cl2SiZr. The molecule has 1 fully saturated rings. The molecule has 0 aliphatic heterocycles. The Bertz CT molecular complexity index is 1370. The largest absolute Gasteiger partial charge is 1.00 e. The van der Waals surface area contributed by atoms with Crippen molar-refractivity contribution in [1.82, 2.24) is 0 Å². The van der Waals surface area contributed by atoms with Crippen LogP contribution in [0.15, 0.2) is 51.0 Å². The van der Waals surface area contributed by atoms with E-state index >= 15 is 0 Å². The van der Waals surface area contributed by atoms with Gasteiger partial charge < -0.3 is 24.8 Å². The van der Waals surface area contributed by atoms with Crippen molar-refractivity contribution in [3.8, 4) is 11.1 Å². The Morgan fingerprint density at radius 3 is 1.93 bits per heavy atom. The molecule has 1 saturated carbocycles. The predicted molar refractivity (Wildman–Crippen MR) is 168 cm³/mol. The van der Waals surface area contributed by atoms with Gasteiger partial charge in [0.25, 0.3) is 0 Å². The molecule has 4 heteroatoms. The number of halogens is 2. The first kappa shape index (κ1) is 34.0. The Labute approximate surface area is 266 Å². The third-order valence-corrected chi connectivity index (χ3v) is 19.5. The molecule has 0 heterocycles. The Morgan fingerprint density at radius 2 is 1.38 bits per heavy atom. The smallest absolute Gasteiger partial charge is 1.00 e. The molecule has 40 heavy (non-hydrogen) atoms. The third kappa shape index (κ3) is 6.67. The Hall–Kier alpha value is -0.530. The summed E-state index contributed by atoms with van der Waals surface area (Å²) >= 11 is -2.27. The molecule has 0 spiro atoms. The Balaban J connectivity index is 0.00000220. The maximum Gasteiger partial charge on any atom is -1.00 e. The first-order chi connectivity index (χ1) is 17.6. The van der Waals surface area contributed by atoms with Gasteiger partial charge >= 0.3 is 244 Å². The van der Waals surface area contributed by atoms with Crippen LogP contribution in [0.4, 0.5) is 0 Å². The van der Waals surface area contributed by atoms with E-state index in [1.807, 2.05) is 9.76 Å². The second kappa shape index (κ2) is 12.2. The number of rotatable bonds is 3. The minimum absolute atomic E-state index is 0. The zero-order valence-corrected chi connectivity index (χ0v) is 31.6. The van der Waals surface area contributed by atoms with Gasteiger partial charge in [0.2, 0.25) is 0 Å². The normalized spacial score (nSPS) is 18.5. The summed E-state index contributed by atoms with van der Waals surface area (Å²) in [6, 6.07) is 12.7. The topological polar surface area (TPSA) is 0 Å². The number of hydrogen-bond donors (Lipinski definition) is 0. The van der Waals surface area contributed by atoms with Crippen LogP contribution in [0.1, 0.15) is 103 Å². The van der Waals surface area contributed by atoms with Gasteiger partial charge in [-0.1, -0.05) is 0 Å². The second-order valence-corrected chi connectivity index (χ2v) is 26.8. The number of fused-ring (bicyclic) bond motifs is 3. The monoisotopic (exact) mass is 670 g/mol. The second-order valence-electron chi connectivity index (χ2n) is 15.4. The molecule has 1 unspecified atom stereocenters. The minimum atomic E-state index is -2.27. The van der Waals surface area contributed by atoms with Crippen molar-refractivity contribution in [2.45, 2.75) is 117 Å². The van der Waals surface area contributed by atoms with Crippen LogP contribution in [0.5, 0.6) is 0 Å². The Kier molecular flexibility index (Phi) is 10.4. The summed E-state index contributed by atoms with van der Waals surface area (Å²) in [5, 5.41) is 1.70. The SMILES string of the molecule is CC1C=C([Si](C)(C)C)C=[C]1[Zr+2](=[C]1CCCCC1)[c]1cc(C(C)(C)C)cc2c1Cc1ccc(C(C)(C)C)cc1-2.[Cl-].[Cl-]. The third-order valence-electron chi connectivity index (χ3n) is 9.22. The molecule has 2 aromatic rings. The van der Waals surface area contributed by atoms with E-state index in [4.69, 9.17) is 0 Å². The molecular weight excluding hydrogens is 623 g/mol. The van der Waals surface area contributed by atoms with Gasteiger partial charge in [0.15, 0.2) is 0 Å². The molecule has 0 amide bonds. The van der Waals surface area contributed by atoms with Gasteiger partial charge in [-0.2, -0.15) is 0 Å². The molecule has 3 aliphatic rings. The van der Waals surface area contributed by atoms with Crippen LogP contribution < -0.4 is 28.1 Å². The summed E-state index contributed by atoms with van der Waals surface area (Å²) in [7, 11) is -1.33. The molecule has 0 radical (unpaired) electrons. The van der Waals surface area contributed by atoms with Crippen LogP contribution in [0.25, 0.3) is 11.1 Å². The maximum atomic E-state index is 2.75. The van der Waals surface area contributed by atoms with Gasteiger partial charge in [-0.15, -0.1) is 0 Å². The van der Waals surface area contributed by atoms with E-state index in [1.54, 1.807) is 27.5 Å². The maximum absolute atomic E-state index is 2.75. The van der Waals surface area contributed by atoms with Gasteiger partial charge in [0, 0.05) is 0 Å². The molecule has 3 aliphatic carbocycles. The minimum Gasteiger partial charge on any atom is -1.00 e. The molecule has 1 atom stereocenters. The van der Waals surface area contributed by atoms with Gasteiger partial charge in [0.05, 0.1) is 0 Å². The van der Waals surface area contributed by atoms with E-state index < -0.39 is 29.3 Å². The summed E-state index contributed by atoms with van der Waals surface area (Å²) < 4.78 is 5.70.